The zero-order valence-electron chi connectivity index (χ0n) is 26.0. The number of carbonyl (C=O) groups excluding carboxylic acids is 4. The average molecular weight is 616 g/mol. The fourth-order valence-electron chi connectivity index (χ4n) is 4.40. The summed E-state index contributed by atoms with van der Waals surface area (Å²) in [6.07, 6.45) is 5.78. The molecule has 44 heavy (non-hydrogen) atoms. The molecule has 0 saturated heterocycles. The first-order valence-electron chi connectivity index (χ1n) is 13.9. The van der Waals surface area contributed by atoms with E-state index in [2.05, 4.69) is 16.0 Å². The van der Waals surface area contributed by atoms with Crippen LogP contribution >= 0.6 is 0 Å². The average Bonchev–Trinajstić information content (AvgIpc) is 3.66. The Morgan fingerprint density at radius 3 is 1.57 bits per heavy atom. The van der Waals surface area contributed by atoms with Crippen molar-refractivity contribution in [2.75, 3.05) is 64.5 Å². The van der Waals surface area contributed by atoms with Gasteiger partial charge < -0.3 is 53.5 Å². The molecule has 15 heteroatoms. The van der Waals surface area contributed by atoms with Crippen molar-refractivity contribution in [3.8, 4) is 0 Å². The van der Waals surface area contributed by atoms with Gasteiger partial charge in [0.15, 0.2) is 0 Å². The highest BCUT2D eigenvalue weighted by molar-refractivity contribution is 6.07. The van der Waals surface area contributed by atoms with E-state index in [0.717, 1.165) is 6.54 Å². The van der Waals surface area contributed by atoms with E-state index in [9.17, 15) is 19.2 Å². The SMILES string of the molecule is CCOC(=O)c1cc(NC(=O)c2cc(NC(=O)c3cc(NC(=O)CCCN(C)C)cn3COC)cn2COC)cn1COC. The van der Waals surface area contributed by atoms with Gasteiger partial charge in [-0.15, -0.1) is 0 Å². The number of nitrogens with one attached hydrogen (secondary N) is 3. The lowest BCUT2D eigenvalue weighted by Crippen LogP contribution is -2.17. The molecule has 0 unspecified atom stereocenters. The molecule has 15 nitrogen and oxygen atoms in total. The molecule has 3 heterocycles. The lowest BCUT2D eigenvalue weighted by Gasteiger charge is -2.08. The van der Waals surface area contributed by atoms with Crippen LogP contribution < -0.4 is 16.0 Å². The summed E-state index contributed by atoms with van der Waals surface area (Å²) in [5.74, 6) is -1.70. The molecule has 0 bridgehead atoms. The monoisotopic (exact) mass is 615 g/mol. The number of ether oxygens (including phenoxy) is 4. The first-order valence-corrected chi connectivity index (χ1v) is 13.9. The zero-order chi connectivity index (χ0) is 32.2. The van der Waals surface area contributed by atoms with Gasteiger partial charge >= 0.3 is 5.97 Å². The van der Waals surface area contributed by atoms with Crippen molar-refractivity contribution in [2.24, 2.45) is 0 Å². The second-order valence-electron chi connectivity index (χ2n) is 10.1. The zero-order valence-corrected chi connectivity index (χ0v) is 26.0. The molecule has 0 saturated carbocycles. The van der Waals surface area contributed by atoms with Crippen molar-refractivity contribution >= 4 is 40.8 Å². The van der Waals surface area contributed by atoms with E-state index in [0.29, 0.717) is 29.9 Å². The number of aromatic nitrogens is 3. The standard InChI is InChI=1S/C29H41N7O8/c1-7-44-29(40)25-13-22(16-36(25)19-43-6)32-28(39)24-12-21(15-35(24)18-42-5)31-27(38)23-11-20(14-34(23)17-41-4)30-26(37)9-8-10-33(2)3/h11-16H,7-10,17-19H2,1-6H3,(H,30,37)(H,31,38)(H,32,39). The van der Waals surface area contributed by atoms with Crippen LogP contribution in [0.25, 0.3) is 0 Å². The van der Waals surface area contributed by atoms with Crippen LogP contribution in [0.3, 0.4) is 0 Å². The van der Waals surface area contributed by atoms with E-state index >= 15 is 0 Å². The fraction of sp³-hybridized carbons (Fsp3) is 0.448. The summed E-state index contributed by atoms with van der Waals surface area (Å²) in [5.41, 5.74) is 1.79. The molecule has 0 aliphatic heterocycles. The van der Waals surface area contributed by atoms with Gasteiger partial charge in [0.25, 0.3) is 11.8 Å². The number of carbonyl (C=O) groups is 4. The van der Waals surface area contributed by atoms with Gasteiger partial charge in [0.1, 0.15) is 37.3 Å². The number of amides is 3. The van der Waals surface area contributed by atoms with Gasteiger partial charge in [0, 0.05) is 46.3 Å². The van der Waals surface area contributed by atoms with Crippen molar-refractivity contribution in [2.45, 2.75) is 40.0 Å². The number of hydrogen-bond donors (Lipinski definition) is 3. The molecule has 0 fully saturated rings. The van der Waals surface area contributed by atoms with Crippen LogP contribution in [0, 0.1) is 0 Å². The third-order valence-electron chi connectivity index (χ3n) is 6.25. The van der Waals surface area contributed by atoms with Crippen molar-refractivity contribution in [1.82, 2.24) is 18.6 Å². The van der Waals surface area contributed by atoms with Crippen LogP contribution in [0.4, 0.5) is 17.1 Å². The maximum Gasteiger partial charge on any atom is 0.355 e. The molecule has 0 radical (unpaired) electrons. The summed E-state index contributed by atoms with van der Waals surface area (Å²) in [4.78, 5) is 53.3. The molecule has 0 spiro atoms. The predicted molar refractivity (Wildman–Crippen MR) is 163 cm³/mol. The second kappa shape index (κ2) is 16.4. The molecule has 3 aromatic heterocycles. The van der Waals surface area contributed by atoms with Gasteiger partial charge in [0.05, 0.1) is 23.7 Å². The van der Waals surface area contributed by atoms with Crippen LogP contribution in [0.5, 0.6) is 0 Å². The maximum absolute atomic E-state index is 13.3. The third-order valence-corrected chi connectivity index (χ3v) is 6.25. The molecule has 0 aliphatic carbocycles. The minimum Gasteiger partial charge on any atom is -0.461 e. The molecule has 240 valence electrons. The minimum atomic E-state index is -0.553. The van der Waals surface area contributed by atoms with Gasteiger partial charge in [-0.25, -0.2) is 4.79 Å². The molecular formula is C29H41N7O8. The number of hydrogen-bond acceptors (Lipinski definition) is 9. The predicted octanol–water partition coefficient (Wildman–Crippen LogP) is 2.86. The first kappa shape index (κ1) is 34.1. The Morgan fingerprint density at radius 1 is 0.705 bits per heavy atom. The minimum absolute atomic E-state index is 0.0292. The largest absolute Gasteiger partial charge is 0.461 e. The molecule has 0 atom stereocenters. The maximum atomic E-state index is 13.3. The van der Waals surface area contributed by atoms with Crippen molar-refractivity contribution in [1.29, 1.82) is 0 Å². The fourth-order valence-corrected chi connectivity index (χ4v) is 4.40. The topological polar surface area (TPSA) is 159 Å². The van der Waals surface area contributed by atoms with Crippen LogP contribution in [0.15, 0.2) is 36.8 Å². The van der Waals surface area contributed by atoms with E-state index in [1.807, 2.05) is 19.0 Å². The molecular weight excluding hydrogens is 574 g/mol. The Hall–Kier alpha value is -4.44. The Labute approximate surface area is 256 Å². The van der Waals surface area contributed by atoms with Crippen LogP contribution in [0.1, 0.15) is 51.2 Å². The van der Waals surface area contributed by atoms with Crippen molar-refractivity contribution < 1.29 is 38.1 Å². The van der Waals surface area contributed by atoms with Crippen LogP contribution in [-0.2, 0) is 43.9 Å². The summed E-state index contributed by atoms with van der Waals surface area (Å²) in [7, 11) is 8.34. The van der Waals surface area contributed by atoms with Crippen molar-refractivity contribution in [3.63, 3.8) is 0 Å². The second-order valence-corrected chi connectivity index (χ2v) is 10.1. The third kappa shape index (κ3) is 9.28. The first-order chi connectivity index (χ1) is 21.1. The normalized spacial score (nSPS) is 11.1. The molecule has 3 N–H and O–H groups in total. The Morgan fingerprint density at radius 2 is 1.14 bits per heavy atom. The number of rotatable bonds is 17. The van der Waals surface area contributed by atoms with Crippen LogP contribution in [-0.4, -0.2) is 90.9 Å². The molecule has 3 aromatic rings. The highest BCUT2D eigenvalue weighted by atomic mass is 16.5. The van der Waals surface area contributed by atoms with Crippen LogP contribution in [0.2, 0.25) is 0 Å². The summed E-state index contributed by atoms with van der Waals surface area (Å²) >= 11 is 0. The lowest BCUT2D eigenvalue weighted by atomic mass is 10.3. The smallest absolute Gasteiger partial charge is 0.355 e. The van der Waals surface area contributed by atoms with Gasteiger partial charge in [-0.3, -0.25) is 14.4 Å². The van der Waals surface area contributed by atoms with E-state index in [1.165, 1.54) is 42.6 Å². The summed E-state index contributed by atoms with van der Waals surface area (Å²) in [5, 5.41) is 8.38. The van der Waals surface area contributed by atoms with Gasteiger partial charge in [-0.05, 0) is 52.2 Å². The number of esters is 1. The number of methoxy groups -OCH3 is 3. The summed E-state index contributed by atoms with van der Waals surface area (Å²) in [6.45, 7) is 2.86. The highest BCUT2D eigenvalue weighted by Gasteiger charge is 2.21. The lowest BCUT2D eigenvalue weighted by molar-refractivity contribution is -0.116. The molecule has 3 rings (SSSR count). The number of anilines is 3. The summed E-state index contributed by atoms with van der Waals surface area (Å²) < 4.78 is 25.3. The molecule has 3 amide bonds. The Kier molecular flexibility index (Phi) is 12.7. The van der Waals surface area contributed by atoms with E-state index < -0.39 is 17.8 Å². The molecule has 0 aromatic carbocycles. The Bertz CT molecular complexity index is 1440. The summed E-state index contributed by atoms with van der Waals surface area (Å²) in [6, 6.07) is 4.55. The Balaban J connectivity index is 1.77. The molecule has 0 aliphatic rings. The highest BCUT2D eigenvalue weighted by Crippen LogP contribution is 2.22. The number of nitrogens with zero attached hydrogens (tertiary/aromatic N) is 4. The van der Waals surface area contributed by atoms with E-state index in [4.69, 9.17) is 18.9 Å². The van der Waals surface area contributed by atoms with Gasteiger partial charge in [-0.2, -0.15) is 0 Å². The van der Waals surface area contributed by atoms with Gasteiger partial charge in [0.2, 0.25) is 5.91 Å². The van der Waals surface area contributed by atoms with E-state index in [1.54, 1.807) is 36.1 Å². The van der Waals surface area contributed by atoms with Gasteiger partial charge in [-0.1, -0.05) is 0 Å². The van der Waals surface area contributed by atoms with E-state index in [-0.39, 0.29) is 49.8 Å². The quantitative estimate of drug-likeness (QED) is 0.194. The van der Waals surface area contributed by atoms with Crippen molar-refractivity contribution in [3.05, 3.63) is 53.9 Å².